The largest absolute Gasteiger partial charge is 0.463 e. The zero-order chi connectivity index (χ0) is 22.8. The molecule has 0 aliphatic carbocycles. The molecule has 0 saturated heterocycles. The average molecular weight is 477 g/mol. The summed E-state index contributed by atoms with van der Waals surface area (Å²) in [5, 5.41) is 5.47. The molecule has 0 bridgehead atoms. The summed E-state index contributed by atoms with van der Waals surface area (Å²) in [6, 6.07) is 18.4. The summed E-state index contributed by atoms with van der Waals surface area (Å²) in [4.78, 5) is 21.7. The highest BCUT2D eigenvalue weighted by molar-refractivity contribution is 7.93. The number of amides is 1. The van der Waals surface area contributed by atoms with Crippen LogP contribution in [0.4, 0.5) is 10.8 Å². The molecule has 0 aliphatic rings. The standard InChI is InChI=1S/C23H16N4O4S2/c28-22(18-14-20(21-6-3-12-31-21)26-19-5-2-1-4-17(18)19)25-15-7-9-16(10-8-15)33(29,30)27-23-24-11-13-32-23/h1-14H,(H,24,27)(H,25,28). The quantitative estimate of drug-likeness (QED) is 0.356. The topological polar surface area (TPSA) is 114 Å². The molecule has 0 aliphatic heterocycles. The number of para-hydroxylation sites is 1. The van der Waals surface area contributed by atoms with E-state index in [4.69, 9.17) is 4.42 Å². The maximum absolute atomic E-state index is 13.1. The average Bonchev–Trinajstić information content (AvgIpc) is 3.53. The normalized spacial score (nSPS) is 11.4. The number of hydrogen-bond acceptors (Lipinski definition) is 7. The van der Waals surface area contributed by atoms with Crippen molar-refractivity contribution >= 4 is 49.0 Å². The summed E-state index contributed by atoms with van der Waals surface area (Å²) in [6.45, 7) is 0. The van der Waals surface area contributed by atoms with Gasteiger partial charge in [0.15, 0.2) is 10.9 Å². The highest BCUT2D eigenvalue weighted by Crippen LogP contribution is 2.26. The van der Waals surface area contributed by atoms with Crippen LogP contribution in [-0.2, 0) is 10.0 Å². The van der Waals surface area contributed by atoms with Crippen LogP contribution in [-0.4, -0.2) is 24.3 Å². The van der Waals surface area contributed by atoms with E-state index in [0.717, 1.165) is 0 Å². The second kappa shape index (κ2) is 8.49. The molecule has 5 aromatic rings. The number of pyridine rings is 1. The van der Waals surface area contributed by atoms with Crippen molar-refractivity contribution in [2.45, 2.75) is 4.90 Å². The predicted molar refractivity (Wildman–Crippen MR) is 127 cm³/mol. The van der Waals surface area contributed by atoms with Gasteiger partial charge in [-0.15, -0.1) is 11.3 Å². The Kier molecular flexibility index (Phi) is 5.37. The molecule has 0 unspecified atom stereocenters. The van der Waals surface area contributed by atoms with Crippen molar-refractivity contribution in [3.63, 3.8) is 0 Å². The van der Waals surface area contributed by atoms with E-state index in [1.807, 2.05) is 24.3 Å². The van der Waals surface area contributed by atoms with Gasteiger partial charge in [0, 0.05) is 22.7 Å². The fourth-order valence-corrected chi connectivity index (χ4v) is 5.07. The Morgan fingerprint density at radius 3 is 2.55 bits per heavy atom. The lowest BCUT2D eigenvalue weighted by molar-refractivity contribution is 0.102. The Balaban J connectivity index is 1.42. The lowest BCUT2D eigenvalue weighted by Gasteiger charge is -2.11. The Bertz CT molecular complexity index is 1530. The highest BCUT2D eigenvalue weighted by atomic mass is 32.2. The number of carbonyl (C=O) groups excluding carboxylic acids is 1. The zero-order valence-electron chi connectivity index (χ0n) is 16.9. The van der Waals surface area contributed by atoms with Gasteiger partial charge in [-0.2, -0.15) is 0 Å². The van der Waals surface area contributed by atoms with E-state index < -0.39 is 10.0 Å². The van der Waals surface area contributed by atoms with Crippen LogP contribution < -0.4 is 10.0 Å². The molecule has 10 heteroatoms. The smallest absolute Gasteiger partial charge is 0.263 e. The molecule has 8 nitrogen and oxygen atoms in total. The Hall–Kier alpha value is -4.02. The van der Waals surface area contributed by atoms with Crippen molar-refractivity contribution in [1.82, 2.24) is 9.97 Å². The first-order chi connectivity index (χ1) is 16.0. The number of thiazole rings is 1. The van der Waals surface area contributed by atoms with E-state index in [0.29, 0.717) is 33.6 Å². The Morgan fingerprint density at radius 2 is 1.82 bits per heavy atom. The first kappa shape index (κ1) is 20.9. The van der Waals surface area contributed by atoms with Gasteiger partial charge >= 0.3 is 0 Å². The van der Waals surface area contributed by atoms with Crippen LogP contribution in [0.15, 0.2) is 93.9 Å². The number of carbonyl (C=O) groups is 1. The molecule has 0 spiro atoms. The van der Waals surface area contributed by atoms with Crippen LogP contribution >= 0.6 is 11.3 Å². The van der Waals surface area contributed by atoms with Crippen molar-refractivity contribution in [1.29, 1.82) is 0 Å². The molecule has 33 heavy (non-hydrogen) atoms. The molecule has 0 radical (unpaired) electrons. The van der Waals surface area contributed by atoms with E-state index in [-0.39, 0.29) is 15.9 Å². The van der Waals surface area contributed by atoms with Crippen LogP contribution in [0.5, 0.6) is 0 Å². The lowest BCUT2D eigenvalue weighted by atomic mass is 10.1. The van der Waals surface area contributed by atoms with E-state index >= 15 is 0 Å². The van der Waals surface area contributed by atoms with Crippen molar-refractivity contribution in [2.24, 2.45) is 0 Å². The summed E-state index contributed by atoms with van der Waals surface area (Å²) in [6.07, 6.45) is 3.06. The van der Waals surface area contributed by atoms with Crippen molar-refractivity contribution in [2.75, 3.05) is 10.0 Å². The molecule has 5 rings (SSSR count). The number of fused-ring (bicyclic) bond motifs is 1. The minimum atomic E-state index is -3.77. The molecule has 0 saturated carbocycles. The van der Waals surface area contributed by atoms with E-state index in [9.17, 15) is 13.2 Å². The van der Waals surface area contributed by atoms with Gasteiger partial charge in [-0.25, -0.2) is 18.4 Å². The molecule has 3 aromatic heterocycles. The molecular formula is C23H16N4O4S2. The molecule has 3 heterocycles. The first-order valence-corrected chi connectivity index (χ1v) is 12.1. The van der Waals surface area contributed by atoms with Crippen molar-refractivity contribution in [3.05, 3.63) is 90.1 Å². The number of sulfonamides is 1. The van der Waals surface area contributed by atoms with Crippen LogP contribution in [0.1, 0.15) is 10.4 Å². The molecule has 0 atom stereocenters. The van der Waals surface area contributed by atoms with Crippen molar-refractivity contribution in [3.8, 4) is 11.5 Å². The SMILES string of the molecule is O=C(Nc1ccc(S(=O)(=O)Nc2nccs2)cc1)c1cc(-c2ccco2)nc2ccccc12. The van der Waals surface area contributed by atoms with Crippen LogP contribution in [0, 0.1) is 0 Å². The maximum Gasteiger partial charge on any atom is 0.263 e. The minimum absolute atomic E-state index is 0.0603. The third-order valence-electron chi connectivity index (χ3n) is 4.81. The number of rotatable bonds is 6. The molecule has 0 fully saturated rings. The maximum atomic E-state index is 13.1. The molecule has 2 N–H and O–H groups in total. The summed E-state index contributed by atoms with van der Waals surface area (Å²) < 4.78 is 32.9. The summed E-state index contributed by atoms with van der Waals surface area (Å²) in [5.74, 6) is 0.204. The van der Waals surface area contributed by atoms with Crippen LogP contribution in [0.3, 0.4) is 0 Å². The molecular weight excluding hydrogens is 460 g/mol. The molecule has 164 valence electrons. The first-order valence-electron chi connectivity index (χ1n) is 9.77. The number of nitrogens with one attached hydrogen (secondary N) is 2. The zero-order valence-corrected chi connectivity index (χ0v) is 18.6. The second-order valence-corrected chi connectivity index (χ2v) is 9.55. The Labute approximate surface area is 193 Å². The molecule has 1 amide bonds. The van der Waals surface area contributed by atoms with Gasteiger partial charge in [-0.1, -0.05) is 18.2 Å². The number of hydrogen-bond donors (Lipinski definition) is 2. The fraction of sp³-hybridized carbons (Fsp3) is 0. The van der Waals surface area contributed by atoms with Gasteiger partial charge in [0.2, 0.25) is 0 Å². The van der Waals surface area contributed by atoms with E-state index in [1.165, 1.54) is 41.8 Å². The minimum Gasteiger partial charge on any atom is -0.463 e. The Morgan fingerprint density at radius 1 is 1.00 bits per heavy atom. The summed E-state index contributed by atoms with van der Waals surface area (Å²) >= 11 is 1.18. The van der Waals surface area contributed by atoms with Gasteiger partial charge in [-0.3, -0.25) is 9.52 Å². The van der Waals surface area contributed by atoms with Crippen LogP contribution in [0.2, 0.25) is 0 Å². The third-order valence-corrected chi connectivity index (χ3v) is 6.98. The number of nitrogens with zero attached hydrogens (tertiary/aromatic N) is 2. The van der Waals surface area contributed by atoms with E-state index in [2.05, 4.69) is 20.0 Å². The fourth-order valence-electron chi connectivity index (χ4n) is 3.28. The third kappa shape index (κ3) is 4.34. The van der Waals surface area contributed by atoms with Crippen LogP contribution in [0.25, 0.3) is 22.4 Å². The van der Waals surface area contributed by atoms with Gasteiger partial charge in [0.05, 0.1) is 22.2 Å². The number of aromatic nitrogens is 2. The molecule has 2 aromatic carbocycles. The van der Waals surface area contributed by atoms with E-state index in [1.54, 1.807) is 29.8 Å². The summed E-state index contributed by atoms with van der Waals surface area (Å²) in [5.41, 5.74) is 2.08. The summed E-state index contributed by atoms with van der Waals surface area (Å²) in [7, 11) is -3.77. The van der Waals surface area contributed by atoms with Gasteiger partial charge in [-0.05, 0) is 48.5 Å². The predicted octanol–water partition coefficient (Wildman–Crippen LogP) is 5.00. The monoisotopic (exact) mass is 476 g/mol. The van der Waals surface area contributed by atoms with Gasteiger partial charge < -0.3 is 9.73 Å². The number of benzene rings is 2. The van der Waals surface area contributed by atoms with Gasteiger partial charge in [0.1, 0.15) is 5.69 Å². The number of furan rings is 1. The second-order valence-electron chi connectivity index (χ2n) is 6.97. The lowest BCUT2D eigenvalue weighted by Crippen LogP contribution is -2.14. The van der Waals surface area contributed by atoms with Crippen molar-refractivity contribution < 1.29 is 17.6 Å². The number of anilines is 2. The van der Waals surface area contributed by atoms with Gasteiger partial charge in [0.25, 0.3) is 15.9 Å². The highest BCUT2D eigenvalue weighted by Gasteiger charge is 2.17.